The molecule has 1 N–H and O–H groups in total. The molecule has 0 saturated carbocycles. The Labute approximate surface area is 100 Å². The molecule has 17 heavy (non-hydrogen) atoms. The van der Waals surface area contributed by atoms with Gasteiger partial charge < -0.3 is 14.9 Å². The molecule has 1 heterocycles. The van der Waals surface area contributed by atoms with E-state index in [1.165, 1.54) is 9.80 Å². The van der Waals surface area contributed by atoms with E-state index in [4.69, 9.17) is 10.4 Å². The van der Waals surface area contributed by atoms with Crippen molar-refractivity contribution in [3.05, 3.63) is 0 Å². The second-order valence-corrected chi connectivity index (χ2v) is 4.38. The summed E-state index contributed by atoms with van der Waals surface area (Å²) in [5, 5.41) is 17.7. The molecule has 0 aromatic heterocycles. The lowest BCUT2D eigenvalue weighted by Gasteiger charge is -2.28. The lowest BCUT2D eigenvalue weighted by molar-refractivity contribution is -0.141. The lowest BCUT2D eigenvalue weighted by Crippen LogP contribution is -2.47. The third-order valence-corrected chi connectivity index (χ3v) is 2.88. The van der Waals surface area contributed by atoms with E-state index in [1.54, 1.807) is 14.0 Å². The Morgan fingerprint density at radius 2 is 2.29 bits per heavy atom. The molecule has 0 bridgehead atoms. The Bertz CT molecular complexity index is 350. The van der Waals surface area contributed by atoms with Crippen molar-refractivity contribution in [1.29, 1.82) is 5.26 Å². The van der Waals surface area contributed by atoms with Gasteiger partial charge in [0.25, 0.3) is 0 Å². The van der Waals surface area contributed by atoms with Crippen molar-refractivity contribution in [2.24, 2.45) is 5.92 Å². The molecule has 0 aliphatic carbocycles. The van der Waals surface area contributed by atoms with Gasteiger partial charge in [-0.15, -0.1) is 0 Å². The number of hydrogen-bond acceptors (Lipinski definition) is 3. The fourth-order valence-electron chi connectivity index (χ4n) is 2.00. The molecule has 1 saturated heterocycles. The summed E-state index contributed by atoms with van der Waals surface area (Å²) in [7, 11) is 1.59. The zero-order valence-electron chi connectivity index (χ0n) is 10.1. The number of amides is 2. The zero-order chi connectivity index (χ0) is 13.0. The highest BCUT2D eigenvalue weighted by Gasteiger charge is 2.35. The van der Waals surface area contributed by atoms with Crippen molar-refractivity contribution in [1.82, 2.24) is 9.80 Å². The van der Waals surface area contributed by atoms with Gasteiger partial charge in [0.2, 0.25) is 0 Å². The number of aliphatic carboxylic acids is 1. The normalized spacial score (nSPS) is 20.8. The largest absolute Gasteiger partial charge is 0.480 e. The van der Waals surface area contributed by atoms with Gasteiger partial charge in [-0.25, -0.2) is 9.59 Å². The van der Waals surface area contributed by atoms with Crippen LogP contribution in [0.3, 0.4) is 0 Å². The number of carbonyl (C=O) groups is 2. The van der Waals surface area contributed by atoms with E-state index in [1.807, 2.05) is 6.07 Å². The van der Waals surface area contributed by atoms with Crippen molar-refractivity contribution in [3.8, 4) is 6.07 Å². The average molecular weight is 239 g/mol. The van der Waals surface area contributed by atoms with Crippen LogP contribution in [-0.2, 0) is 4.79 Å². The first-order valence-corrected chi connectivity index (χ1v) is 5.61. The molecular formula is C11H17N3O3. The van der Waals surface area contributed by atoms with Gasteiger partial charge in [-0.05, 0) is 19.8 Å². The van der Waals surface area contributed by atoms with Crippen molar-refractivity contribution in [3.63, 3.8) is 0 Å². The van der Waals surface area contributed by atoms with Crippen molar-refractivity contribution < 1.29 is 14.7 Å². The molecule has 0 spiro atoms. The van der Waals surface area contributed by atoms with Crippen LogP contribution in [-0.4, -0.2) is 53.1 Å². The fraction of sp³-hybridized carbons (Fsp3) is 0.727. The number of carboxylic acids is 1. The number of likely N-dealkylation sites (tertiary alicyclic amines) is 1. The molecule has 1 aliphatic heterocycles. The number of nitriles is 1. The van der Waals surface area contributed by atoms with E-state index < -0.39 is 12.0 Å². The third-order valence-electron chi connectivity index (χ3n) is 2.88. The molecule has 1 fully saturated rings. The van der Waals surface area contributed by atoms with Crippen LogP contribution in [0.15, 0.2) is 0 Å². The van der Waals surface area contributed by atoms with Crippen LogP contribution in [0.4, 0.5) is 4.79 Å². The number of carboxylic acid groups (broad SMARTS) is 1. The molecule has 6 heteroatoms. The maximum absolute atomic E-state index is 12.0. The summed E-state index contributed by atoms with van der Waals surface area (Å²) in [5.41, 5.74) is 0. The van der Waals surface area contributed by atoms with Crippen LogP contribution in [0.5, 0.6) is 0 Å². The highest BCUT2D eigenvalue weighted by molar-refractivity contribution is 5.83. The van der Waals surface area contributed by atoms with Crippen molar-refractivity contribution in [2.45, 2.75) is 25.8 Å². The standard InChI is InChI=1S/C11H17N3O3/c1-8(6-12)7-13(2)11(17)14-5-3-4-9(14)10(15)16/h8-9H,3-5,7H2,1-2H3,(H,15,16)/t8?,9-/m1/s1. The Morgan fingerprint density at radius 1 is 1.65 bits per heavy atom. The molecule has 0 aromatic carbocycles. The van der Waals surface area contributed by atoms with E-state index in [2.05, 4.69) is 0 Å². The van der Waals surface area contributed by atoms with E-state index in [0.29, 0.717) is 25.9 Å². The molecule has 1 aliphatic rings. The van der Waals surface area contributed by atoms with E-state index in [0.717, 1.165) is 0 Å². The molecule has 1 rings (SSSR count). The molecule has 1 unspecified atom stereocenters. The van der Waals surface area contributed by atoms with Crippen LogP contribution >= 0.6 is 0 Å². The summed E-state index contributed by atoms with van der Waals surface area (Å²) in [5.74, 6) is -1.22. The van der Waals surface area contributed by atoms with E-state index >= 15 is 0 Å². The number of hydrogen-bond donors (Lipinski definition) is 1. The summed E-state index contributed by atoms with van der Waals surface area (Å²) in [6.45, 7) is 2.52. The Morgan fingerprint density at radius 3 is 2.82 bits per heavy atom. The topological polar surface area (TPSA) is 84.6 Å². The number of rotatable bonds is 3. The maximum Gasteiger partial charge on any atom is 0.326 e. The number of carbonyl (C=O) groups excluding carboxylic acids is 1. The first-order valence-electron chi connectivity index (χ1n) is 5.61. The molecule has 6 nitrogen and oxygen atoms in total. The third kappa shape index (κ3) is 3.09. The first kappa shape index (κ1) is 13.3. The highest BCUT2D eigenvalue weighted by atomic mass is 16.4. The zero-order valence-corrected chi connectivity index (χ0v) is 10.1. The minimum atomic E-state index is -0.961. The molecule has 0 aromatic rings. The van der Waals surface area contributed by atoms with Crippen molar-refractivity contribution >= 4 is 12.0 Å². The van der Waals surface area contributed by atoms with Gasteiger partial charge >= 0.3 is 12.0 Å². The number of urea groups is 1. The minimum Gasteiger partial charge on any atom is -0.480 e. The predicted octanol–water partition coefficient (Wildman–Crippen LogP) is 0.747. The molecule has 94 valence electrons. The highest BCUT2D eigenvalue weighted by Crippen LogP contribution is 2.19. The molecular weight excluding hydrogens is 222 g/mol. The first-order chi connectivity index (χ1) is 7.97. The second-order valence-electron chi connectivity index (χ2n) is 4.38. The van der Waals surface area contributed by atoms with Gasteiger partial charge in [-0.2, -0.15) is 5.26 Å². The smallest absolute Gasteiger partial charge is 0.326 e. The van der Waals surface area contributed by atoms with Gasteiger partial charge in [-0.1, -0.05) is 0 Å². The van der Waals surface area contributed by atoms with Gasteiger partial charge in [0, 0.05) is 20.1 Å². The Balaban J connectivity index is 2.63. The summed E-state index contributed by atoms with van der Waals surface area (Å²) in [6, 6.07) is 1.02. The van der Waals surface area contributed by atoms with Gasteiger partial charge in [0.05, 0.1) is 12.0 Å². The lowest BCUT2D eigenvalue weighted by atomic mass is 10.2. The van der Waals surface area contributed by atoms with Crippen LogP contribution in [0, 0.1) is 17.2 Å². The van der Waals surface area contributed by atoms with Gasteiger partial charge in [0.1, 0.15) is 6.04 Å². The summed E-state index contributed by atoms with van der Waals surface area (Å²) in [6.07, 6.45) is 1.22. The average Bonchev–Trinajstić information content (AvgIpc) is 2.76. The monoisotopic (exact) mass is 239 g/mol. The SMILES string of the molecule is CC(C#N)CN(C)C(=O)N1CCC[C@@H]1C(=O)O. The minimum absolute atomic E-state index is 0.255. The van der Waals surface area contributed by atoms with Gasteiger partial charge in [-0.3, -0.25) is 0 Å². The summed E-state index contributed by atoms with van der Waals surface area (Å²) < 4.78 is 0. The maximum atomic E-state index is 12.0. The quantitative estimate of drug-likeness (QED) is 0.787. The summed E-state index contributed by atoms with van der Waals surface area (Å²) in [4.78, 5) is 25.7. The Kier molecular flexibility index (Phi) is 4.32. The molecule has 2 amide bonds. The van der Waals surface area contributed by atoms with Gasteiger partial charge in [0.15, 0.2) is 0 Å². The second kappa shape index (κ2) is 5.53. The van der Waals surface area contributed by atoms with E-state index in [9.17, 15) is 9.59 Å². The van der Waals surface area contributed by atoms with E-state index in [-0.39, 0.29) is 11.9 Å². The fourth-order valence-corrected chi connectivity index (χ4v) is 2.00. The number of nitrogens with zero attached hydrogens (tertiary/aromatic N) is 3. The van der Waals surface area contributed by atoms with Crippen LogP contribution in [0.1, 0.15) is 19.8 Å². The molecule has 0 radical (unpaired) electrons. The van der Waals surface area contributed by atoms with Crippen LogP contribution < -0.4 is 0 Å². The molecule has 2 atom stereocenters. The van der Waals surface area contributed by atoms with Crippen LogP contribution in [0.2, 0.25) is 0 Å². The van der Waals surface area contributed by atoms with Crippen LogP contribution in [0.25, 0.3) is 0 Å². The predicted molar refractivity (Wildman–Crippen MR) is 60.2 cm³/mol. The summed E-state index contributed by atoms with van der Waals surface area (Å²) >= 11 is 0. The van der Waals surface area contributed by atoms with Crippen molar-refractivity contribution in [2.75, 3.05) is 20.1 Å². The Hall–Kier alpha value is -1.77.